The van der Waals surface area contributed by atoms with Crippen molar-refractivity contribution in [1.29, 1.82) is 0 Å². The Morgan fingerprint density at radius 1 is 0.228 bits per heavy atom. The van der Waals surface area contributed by atoms with Gasteiger partial charge in [-0.15, -0.1) is 0 Å². The van der Waals surface area contributed by atoms with Gasteiger partial charge in [-0.25, -0.2) is 114 Å². The predicted octanol–water partition coefficient (Wildman–Crippen LogP) is 26.8. The largest absolute Gasteiger partial charge is 0.423 e. The highest BCUT2D eigenvalue weighted by Gasteiger charge is 2.26. The first kappa shape index (κ1) is 90.4. The second-order valence-electron chi connectivity index (χ2n) is 38.1. The Balaban J connectivity index is 0.607. The number of ether oxygens (including phenoxy) is 1. The van der Waals surface area contributed by atoms with Crippen LogP contribution in [0, 0.1) is 0 Å². The number of pyridine rings is 12. The molecule has 23 aromatic rings. The molecule has 0 unspecified atom stereocenters. The lowest BCUT2D eigenvalue weighted by molar-refractivity contribution is 0.0734. The van der Waals surface area contributed by atoms with E-state index < -0.39 is 5.97 Å². The van der Waals surface area contributed by atoms with E-state index in [2.05, 4.69) is 162 Å². The van der Waals surface area contributed by atoms with Crippen LogP contribution in [0.2, 0.25) is 0 Å². The van der Waals surface area contributed by atoms with Gasteiger partial charge in [0.1, 0.15) is 5.75 Å². The van der Waals surface area contributed by atoms with Crippen molar-refractivity contribution in [3.63, 3.8) is 0 Å². The number of hydrogen-bond donors (Lipinski definition) is 0. The zero-order valence-electron chi connectivity index (χ0n) is 80.7. The molecule has 0 atom stereocenters. The molecule has 23 rings (SSSR count). The van der Waals surface area contributed by atoms with E-state index in [1.807, 2.05) is 194 Å². The Hall–Kier alpha value is -18.5. The lowest BCUT2D eigenvalue weighted by Crippen LogP contribution is -2.10. The van der Waals surface area contributed by atoms with E-state index >= 15 is 0 Å². The molecule has 698 valence electrons. The first-order chi connectivity index (χ1) is 70.7. The Labute approximate surface area is 835 Å². The minimum Gasteiger partial charge on any atom is -0.423 e. The molecule has 0 saturated heterocycles. The zero-order valence-corrected chi connectivity index (χ0v) is 80.7. The number of nitrogens with zero attached hydrogens (tertiary/aromatic N) is 22. The first-order valence-electron chi connectivity index (χ1n) is 48.6. The summed E-state index contributed by atoms with van der Waals surface area (Å²) >= 11 is 0. The topological polar surface area (TPSA) is 310 Å². The number of carbonyl (C=O) groups excluding carboxylic acids is 1. The number of benzene rings is 6. The summed E-state index contributed by atoms with van der Waals surface area (Å²) in [7, 11) is 0. The molecular formula is C121H92N22O2. The maximum atomic E-state index is 13.4. The van der Waals surface area contributed by atoms with Crippen LogP contribution in [0.3, 0.4) is 0 Å². The Morgan fingerprint density at radius 2 is 0.455 bits per heavy atom. The Kier molecular flexibility index (Phi) is 23.9. The van der Waals surface area contributed by atoms with E-state index in [1.165, 1.54) is 11.1 Å². The van der Waals surface area contributed by atoms with Crippen molar-refractivity contribution in [2.75, 3.05) is 0 Å². The van der Waals surface area contributed by atoms with Gasteiger partial charge >= 0.3 is 5.97 Å². The number of aryl methyl sites for hydroxylation is 2. The molecule has 0 bridgehead atoms. The number of aromatic nitrogens is 22. The molecule has 0 radical (unpaired) electrons. The third-order valence-electron chi connectivity index (χ3n) is 25.8. The second-order valence-corrected chi connectivity index (χ2v) is 38.1. The average molecular weight is 1890 g/mol. The van der Waals surface area contributed by atoms with Crippen molar-refractivity contribution in [3.8, 4) is 177 Å². The van der Waals surface area contributed by atoms with Crippen molar-refractivity contribution in [2.24, 2.45) is 0 Å². The van der Waals surface area contributed by atoms with Gasteiger partial charge in [0.2, 0.25) is 0 Å². The molecule has 0 aliphatic carbocycles. The van der Waals surface area contributed by atoms with Crippen molar-refractivity contribution in [1.82, 2.24) is 110 Å². The van der Waals surface area contributed by atoms with Gasteiger partial charge in [-0.3, -0.25) is 0 Å². The van der Waals surface area contributed by atoms with Crippen LogP contribution in [0.25, 0.3) is 237 Å². The summed E-state index contributed by atoms with van der Waals surface area (Å²) < 4.78 is 5.89. The van der Waals surface area contributed by atoms with Gasteiger partial charge in [0.15, 0.2) is 63.0 Å². The highest BCUT2D eigenvalue weighted by atomic mass is 16.5. The van der Waals surface area contributed by atoms with Gasteiger partial charge in [-0.1, -0.05) is 183 Å². The number of rotatable bonds is 23. The third-order valence-corrected chi connectivity index (χ3v) is 25.8. The van der Waals surface area contributed by atoms with Crippen LogP contribution in [0.4, 0.5) is 0 Å². The molecule has 0 aliphatic rings. The molecule has 145 heavy (non-hydrogen) atoms. The SMILES string of the molecule is CCCCc1ccc(-c2nc(-c3ccc4cccnc4n3)cc(-c3ccc4ccc(-c5cc(-c6ccc7ccc(-c8cc(-c9ccc%10ccc(-c%11cc(-c%12ccc%13ccc(-c%14cc(-c%15ccc%16cccnc%16n%15)nc(-c%15ccc(CCCC)cc%15)n%14)nc%13n%12)nc(-c%12ccc(C(C)(C)C)cc%12)n%11)nc%10n9)nc(-c9ccc(OC(=O)c%10ccccc%10)cc9)n8)nc7n6)nc(-c6ccc(C(C)(C)C)cc6)n5)nc4n3)n2)cc1. The van der Waals surface area contributed by atoms with Gasteiger partial charge in [-0.05, 0) is 271 Å². The van der Waals surface area contributed by atoms with Crippen molar-refractivity contribution >= 4 is 72.2 Å². The van der Waals surface area contributed by atoms with E-state index in [0.717, 1.165) is 104 Å². The van der Waals surface area contributed by atoms with Crippen molar-refractivity contribution in [2.45, 2.75) is 105 Å². The molecule has 17 aromatic heterocycles. The summed E-state index contributed by atoms with van der Waals surface area (Å²) in [6, 6.07) is 106. The zero-order chi connectivity index (χ0) is 98.4. The van der Waals surface area contributed by atoms with Gasteiger partial charge in [-0.2, -0.15) is 0 Å². The number of carbonyl (C=O) groups is 1. The molecule has 0 aliphatic heterocycles. The number of unbranched alkanes of at least 4 members (excludes halogenated alkanes) is 2. The molecule has 6 aromatic carbocycles. The summed E-state index contributed by atoms with van der Waals surface area (Å²) in [5, 5.41) is 4.99. The van der Waals surface area contributed by atoms with Gasteiger partial charge < -0.3 is 4.74 Å². The molecule has 0 amide bonds. The van der Waals surface area contributed by atoms with Crippen molar-refractivity contribution < 1.29 is 9.53 Å². The van der Waals surface area contributed by atoms with Crippen LogP contribution >= 0.6 is 0 Å². The fourth-order valence-electron chi connectivity index (χ4n) is 17.6. The standard InChI is InChI=1S/C121H92N22O2/c1-9-11-18-71-24-28-75(29-25-71)114-134-98(88-54-38-73-22-16-64-122-108(73)124-88)66-100(136-114)90-56-40-80-42-58-92(128-110(80)126-90)102-68-104(140-116(138-102)77-32-48-85(49-33-77)120(3,4)5)94-60-44-82-46-62-96(132-112(82)130-94)106-70-107(143-118(142-106)79-36-52-87(53-37-79)145-119(144)84-20-14-13-15-21-84)97-63-47-83-45-61-95(131-113(83)133-97)105-69-103(139-117(141-105)78-34-50-86(51-35-78)121(6,7)8)93-59-43-81-41-57-91(127-111(81)129-93)101-67-99(89-55-39-74-23-17-65-123-109(74)125-89)135-115(137-101)76-30-26-72(27-31-76)19-12-10-2/h13-17,20-70H,9-12,18-19H2,1-8H3. The van der Waals surface area contributed by atoms with E-state index in [9.17, 15) is 4.79 Å². The number of hydrogen-bond acceptors (Lipinski definition) is 24. The van der Waals surface area contributed by atoms with Crippen LogP contribution in [-0.4, -0.2) is 116 Å². The summed E-state index contributed by atoms with van der Waals surface area (Å²) in [5.41, 5.74) is 23.1. The van der Waals surface area contributed by atoms with Crippen LogP contribution in [0.15, 0.2) is 340 Å². The molecule has 0 N–H and O–H groups in total. The first-order valence-corrected chi connectivity index (χ1v) is 48.6. The van der Waals surface area contributed by atoms with E-state index in [0.29, 0.717) is 194 Å². The Morgan fingerprint density at radius 3 is 0.697 bits per heavy atom. The molecule has 24 nitrogen and oxygen atoms in total. The van der Waals surface area contributed by atoms with Crippen LogP contribution in [-0.2, 0) is 23.7 Å². The minimum atomic E-state index is -0.495. The van der Waals surface area contributed by atoms with E-state index in [1.54, 1.807) is 48.8 Å². The predicted molar refractivity (Wildman–Crippen MR) is 571 cm³/mol. The molecule has 0 fully saturated rings. The molecule has 0 saturated carbocycles. The van der Waals surface area contributed by atoms with Crippen LogP contribution < -0.4 is 4.74 Å². The fraction of sp³-hybridized carbons (Fsp3) is 0.132. The maximum absolute atomic E-state index is 13.4. The summed E-state index contributed by atoms with van der Waals surface area (Å²) in [5.74, 6) is 2.18. The van der Waals surface area contributed by atoms with Crippen LogP contribution in [0.5, 0.6) is 5.75 Å². The summed E-state index contributed by atoms with van der Waals surface area (Å²) in [6.07, 6.45) is 9.87. The molecule has 24 heteroatoms. The highest BCUT2D eigenvalue weighted by Crippen LogP contribution is 2.39. The molecule has 17 heterocycles. The summed E-state index contributed by atoms with van der Waals surface area (Å²) in [6.45, 7) is 17.6. The van der Waals surface area contributed by atoms with Crippen molar-refractivity contribution in [3.05, 3.63) is 368 Å². The molecular weight excluding hydrogens is 1790 g/mol. The minimum absolute atomic E-state index is 0.114. The fourth-order valence-corrected chi connectivity index (χ4v) is 17.6. The molecule has 0 spiro atoms. The van der Waals surface area contributed by atoms with Crippen LogP contribution in [0.1, 0.15) is 114 Å². The number of fused-ring (bicyclic) bond motifs is 6. The number of esters is 1. The van der Waals surface area contributed by atoms with E-state index in [-0.39, 0.29) is 10.8 Å². The Bertz CT molecular complexity index is 8510. The lowest BCUT2D eigenvalue weighted by atomic mass is 9.86. The van der Waals surface area contributed by atoms with Gasteiger partial charge in [0.25, 0.3) is 0 Å². The highest BCUT2D eigenvalue weighted by molar-refractivity contribution is 5.92. The van der Waals surface area contributed by atoms with Gasteiger partial charge in [0.05, 0.1) is 119 Å². The van der Waals surface area contributed by atoms with Gasteiger partial charge in [0, 0.05) is 72.5 Å². The van der Waals surface area contributed by atoms with E-state index in [4.69, 9.17) is 104 Å². The lowest BCUT2D eigenvalue weighted by Gasteiger charge is -2.19. The quantitative estimate of drug-likeness (QED) is 0.0424. The third kappa shape index (κ3) is 19.2. The maximum Gasteiger partial charge on any atom is 0.343 e. The second kappa shape index (κ2) is 38.3. The average Bonchev–Trinajstić information content (AvgIpc) is 0.779. The summed E-state index contributed by atoms with van der Waals surface area (Å²) in [4.78, 5) is 128. The normalized spacial score (nSPS) is 11.8. The smallest absolute Gasteiger partial charge is 0.343 e. The monoisotopic (exact) mass is 1880 g/mol.